The number of nitrogens with one attached hydrogen (secondary N) is 1. The molecule has 1 amide bonds. The van der Waals surface area contributed by atoms with Gasteiger partial charge >= 0.3 is 0 Å². The molecule has 188 valence electrons. The standard InChI is InChI=1S/C27H30N4O5/c1-16-9-7-8-10-20(16)28-24(32)12-11-19-17(2)30(3)25-15-21(29-31(25)27(19)33)18-13-22(34-4)26(36-6)23(14-18)35-5/h7-10,13-15H,11-12H2,1-6H3,(H,28,32). The Bertz CT molecular complexity index is 1480. The van der Waals surface area contributed by atoms with Crippen LogP contribution < -0.4 is 25.1 Å². The van der Waals surface area contributed by atoms with E-state index in [0.717, 1.165) is 16.9 Å². The number of aryl methyl sites for hydroxylation is 2. The Kier molecular flexibility index (Phi) is 7.00. The molecule has 0 saturated carbocycles. The molecule has 0 aliphatic carbocycles. The van der Waals surface area contributed by atoms with Crippen molar-refractivity contribution >= 4 is 17.2 Å². The number of hydrogen-bond acceptors (Lipinski definition) is 6. The molecule has 9 heteroatoms. The van der Waals surface area contributed by atoms with E-state index < -0.39 is 0 Å². The van der Waals surface area contributed by atoms with Crippen LogP contribution in [0.4, 0.5) is 5.69 Å². The number of ether oxygens (including phenoxy) is 3. The lowest BCUT2D eigenvalue weighted by molar-refractivity contribution is -0.116. The van der Waals surface area contributed by atoms with Gasteiger partial charge in [0.05, 0.1) is 27.0 Å². The Balaban J connectivity index is 1.68. The molecular formula is C27H30N4O5. The number of methoxy groups -OCH3 is 3. The topological polar surface area (TPSA) is 96.1 Å². The molecule has 36 heavy (non-hydrogen) atoms. The molecule has 2 aromatic carbocycles. The fourth-order valence-electron chi connectivity index (χ4n) is 4.24. The van der Waals surface area contributed by atoms with Gasteiger partial charge in [0, 0.05) is 42.0 Å². The first-order chi connectivity index (χ1) is 17.3. The van der Waals surface area contributed by atoms with Crippen LogP contribution in [0.1, 0.15) is 23.2 Å². The van der Waals surface area contributed by atoms with E-state index in [1.165, 1.54) is 4.52 Å². The highest BCUT2D eigenvalue weighted by Crippen LogP contribution is 2.41. The summed E-state index contributed by atoms with van der Waals surface area (Å²) in [6, 6.07) is 13.0. The number of amides is 1. The monoisotopic (exact) mass is 490 g/mol. The molecule has 0 spiro atoms. The van der Waals surface area contributed by atoms with Gasteiger partial charge in [-0.05, 0) is 44.0 Å². The maximum atomic E-state index is 13.4. The molecular weight excluding hydrogens is 460 g/mol. The number of benzene rings is 2. The predicted octanol–water partition coefficient (Wildman–Crippen LogP) is 3.91. The van der Waals surface area contributed by atoms with Gasteiger partial charge in [-0.3, -0.25) is 9.59 Å². The van der Waals surface area contributed by atoms with Gasteiger partial charge in [0.1, 0.15) is 5.65 Å². The summed E-state index contributed by atoms with van der Waals surface area (Å²) >= 11 is 0. The first-order valence-corrected chi connectivity index (χ1v) is 11.5. The zero-order valence-electron chi connectivity index (χ0n) is 21.3. The van der Waals surface area contributed by atoms with E-state index in [4.69, 9.17) is 14.2 Å². The Morgan fingerprint density at radius 2 is 1.67 bits per heavy atom. The molecule has 0 aliphatic heterocycles. The van der Waals surface area contributed by atoms with E-state index in [0.29, 0.717) is 46.1 Å². The van der Waals surface area contributed by atoms with Gasteiger partial charge in [-0.2, -0.15) is 9.61 Å². The summed E-state index contributed by atoms with van der Waals surface area (Å²) in [5.41, 5.74) is 4.76. The number of carbonyl (C=O) groups is 1. The molecule has 0 fully saturated rings. The number of anilines is 1. The minimum absolute atomic E-state index is 0.149. The second kappa shape index (κ2) is 10.2. The summed E-state index contributed by atoms with van der Waals surface area (Å²) in [4.78, 5) is 26.0. The van der Waals surface area contributed by atoms with E-state index >= 15 is 0 Å². The number of aromatic nitrogens is 3. The number of hydrogen-bond donors (Lipinski definition) is 1. The fraction of sp³-hybridized carbons (Fsp3) is 0.296. The Hall–Kier alpha value is -4.27. The molecule has 0 aliphatic rings. The van der Waals surface area contributed by atoms with Crippen molar-refractivity contribution < 1.29 is 19.0 Å². The lowest BCUT2D eigenvalue weighted by atomic mass is 10.1. The Morgan fingerprint density at radius 3 is 2.28 bits per heavy atom. The number of rotatable bonds is 8. The predicted molar refractivity (Wildman–Crippen MR) is 138 cm³/mol. The smallest absolute Gasteiger partial charge is 0.277 e. The minimum Gasteiger partial charge on any atom is -0.493 e. The van der Waals surface area contributed by atoms with E-state index in [-0.39, 0.29) is 17.9 Å². The lowest BCUT2D eigenvalue weighted by Crippen LogP contribution is -2.26. The van der Waals surface area contributed by atoms with E-state index in [9.17, 15) is 9.59 Å². The molecule has 2 heterocycles. The van der Waals surface area contributed by atoms with E-state index in [1.807, 2.05) is 55.8 Å². The third-order valence-corrected chi connectivity index (χ3v) is 6.41. The molecule has 2 aromatic heterocycles. The van der Waals surface area contributed by atoms with Gasteiger partial charge in [-0.25, -0.2) is 0 Å². The largest absolute Gasteiger partial charge is 0.493 e. The summed E-state index contributed by atoms with van der Waals surface area (Å²) in [5.74, 6) is 1.31. The zero-order chi connectivity index (χ0) is 26.0. The fourth-order valence-corrected chi connectivity index (χ4v) is 4.24. The highest BCUT2D eigenvalue weighted by Gasteiger charge is 2.19. The van der Waals surface area contributed by atoms with Crippen LogP contribution in [0.3, 0.4) is 0 Å². The highest BCUT2D eigenvalue weighted by molar-refractivity contribution is 5.91. The zero-order valence-corrected chi connectivity index (χ0v) is 21.3. The summed E-state index contributed by atoms with van der Waals surface area (Å²) in [7, 11) is 6.51. The van der Waals surface area contributed by atoms with Crippen LogP contribution in [-0.4, -0.2) is 41.4 Å². The molecule has 0 unspecified atom stereocenters. The Morgan fingerprint density at radius 1 is 1.00 bits per heavy atom. The number of carbonyl (C=O) groups excluding carboxylic acids is 1. The first kappa shape index (κ1) is 24.8. The number of nitrogens with zero attached hydrogens (tertiary/aromatic N) is 3. The summed E-state index contributed by atoms with van der Waals surface area (Å²) in [5, 5.41) is 7.51. The second-order valence-corrected chi connectivity index (χ2v) is 8.50. The summed E-state index contributed by atoms with van der Waals surface area (Å²) in [6.07, 6.45) is 0.475. The molecule has 0 bridgehead atoms. The van der Waals surface area contributed by atoms with Crippen molar-refractivity contribution in [3.05, 3.63) is 69.6 Å². The van der Waals surface area contributed by atoms with Gasteiger partial charge in [0.15, 0.2) is 11.5 Å². The summed E-state index contributed by atoms with van der Waals surface area (Å²) in [6.45, 7) is 3.81. The van der Waals surface area contributed by atoms with Gasteiger partial charge in [-0.1, -0.05) is 18.2 Å². The van der Waals surface area contributed by atoms with E-state index in [1.54, 1.807) is 33.5 Å². The van der Waals surface area contributed by atoms with Crippen molar-refractivity contribution in [2.24, 2.45) is 7.05 Å². The number of para-hydroxylation sites is 1. The average Bonchev–Trinajstić information content (AvgIpc) is 3.34. The molecule has 0 radical (unpaired) electrons. The number of fused-ring (bicyclic) bond motifs is 1. The van der Waals surface area contributed by atoms with Crippen molar-refractivity contribution in [2.45, 2.75) is 26.7 Å². The van der Waals surface area contributed by atoms with Crippen LogP contribution >= 0.6 is 0 Å². The summed E-state index contributed by atoms with van der Waals surface area (Å²) < 4.78 is 19.6. The normalized spacial score (nSPS) is 10.9. The van der Waals surface area contributed by atoms with Crippen LogP contribution in [0.2, 0.25) is 0 Å². The minimum atomic E-state index is -0.247. The van der Waals surface area contributed by atoms with Crippen LogP contribution in [0.5, 0.6) is 17.2 Å². The molecule has 1 N–H and O–H groups in total. The molecule has 0 saturated heterocycles. The molecule has 4 rings (SSSR count). The highest BCUT2D eigenvalue weighted by atomic mass is 16.5. The first-order valence-electron chi connectivity index (χ1n) is 11.5. The van der Waals surface area contributed by atoms with Crippen molar-refractivity contribution in [3.8, 4) is 28.5 Å². The van der Waals surface area contributed by atoms with Crippen molar-refractivity contribution in [2.75, 3.05) is 26.6 Å². The lowest BCUT2D eigenvalue weighted by Gasteiger charge is -2.13. The molecule has 4 aromatic rings. The molecule has 0 atom stereocenters. The maximum Gasteiger partial charge on any atom is 0.277 e. The van der Waals surface area contributed by atoms with Gasteiger partial charge in [0.25, 0.3) is 5.56 Å². The van der Waals surface area contributed by atoms with Crippen LogP contribution in [0.15, 0.2) is 47.3 Å². The second-order valence-electron chi connectivity index (χ2n) is 8.50. The van der Waals surface area contributed by atoms with Crippen LogP contribution in [0.25, 0.3) is 16.9 Å². The van der Waals surface area contributed by atoms with Crippen molar-refractivity contribution in [1.29, 1.82) is 0 Å². The van der Waals surface area contributed by atoms with Gasteiger partial charge in [-0.15, -0.1) is 0 Å². The van der Waals surface area contributed by atoms with Crippen LogP contribution in [0, 0.1) is 13.8 Å². The van der Waals surface area contributed by atoms with Gasteiger partial charge < -0.3 is 24.1 Å². The quantitative estimate of drug-likeness (QED) is 0.402. The van der Waals surface area contributed by atoms with Crippen LogP contribution in [-0.2, 0) is 18.3 Å². The SMILES string of the molecule is COc1cc(-c2cc3n(C)c(C)c(CCC(=O)Nc4ccccc4C)c(=O)n3n2)cc(OC)c1OC. The average molecular weight is 491 g/mol. The van der Waals surface area contributed by atoms with Gasteiger partial charge in [0.2, 0.25) is 11.7 Å². The van der Waals surface area contributed by atoms with E-state index in [2.05, 4.69) is 10.4 Å². The van der Waals surface area contributed by atoms with Crippen molar-refractivity contribution in [1.82, 2.24) is 14.2 Å². The molecule has 9 nitrogen and oxygen atoms in total. The van der Waals surface area contributed by atoms with Crippen molar-refractivity contribution in [3.63, 3.8) is 0 Å². The third-order valence-electron chi connectivity index (χ3n) is 6.41. The Labute approximate surface area is 209 Å². The third kappa shape index (κ3) is 4.51. The maximum absolute atomic E-state index is 13.4.